The average Bonchev–Trinajstić information content (AvgIpc) is 2.47. The first-order valence-corrected chi connectivity index (χ1v) is 7.44. The third-order valence-electron chi connectivity index (χ3n) is 3.59. The number of hydrogen-bond donors (Lipinski definition) is 0. The summed E-state index contributed by atoms with van der Waals surface area (Å²) in [5, 5.41) is 0. The quantitative estimate of drug-likeness (QED) is 0.624. The van der Waals surface area contributed by atoms with Crippen LogP contribution >= 0.6 is 0 Å². The van der Waals surface area contributed by atoms with Crippen molar-refractivity contribution in [1.29, 1.82) is 0 Å². The molecule has 0 spiro atoms. The largest absolute Gasteiger partial charge is 0.493 e. The topological polar surface area (TPSA) is 35.5 Å². The van der Waals surface area contributed by atoms with Crippen LogP contribution in [0.4, 0.5) is 0 Å². The van der Waals surface area contributed by atoms with E-state index in [4.69, 9.17) is 9.47 Å². The number of carbonyl (C=O) groups excluding carboxylic acids is 1. The van der Waals surface area contributed by atoms with Crippen molar-refractivity contribution in [3.8, 4) is 11.5 Å². The Kier molecular flexibility index (Phi) is 7.13. The van der Waals surface area contributed by atoms with Gasteiger partial charge in [-0.2, -0.15) is 0 Å². The van der Waals surface area contributed by atoms with Crippen LogP contribution in [-0.4, -0.2) is 19.5 Å². The molecule has 0 saturated heterocycles. The van der Waals surface area contributed by atoms with Crippen molar-refractivity contribution >= 4 is 5.78 Å². The van der Waals surface area contributed by atoms with E-state index in [1.54, 1.807) is 26.2 Å². The van der Waals surface area contributed by atoms with Crippen LogP contribution in [0.25, 0.3) is 0 Å². The summed E-state index contributed by atoms with van der Waals surface area (Å²) in [6.07, 6.45) is 4.77. The van der Waals surface area contributed by atoms with Gasteiger partial charge in [-0.1, -0.05) is 33.1 Å². The summed E-state index contributed by atoms with van der Waals surface area (Å²) < 4.78 is 11.2. The Morgan fingerprint density at radius 3 is 2.55 bits per heavy atom. The average molecular weight is 278 g/mol. The van der Waals surface area contributed by atoms with Gasteiger partial charge in [0.1, 0.15) is 0 Å². The number of ketones is 1. The highest BCUT2D eigenvalue weighted by molar-refractivity contribution is 5.94. The van der Waals surface area contributed by atoms with E-state index in [0.29, 0.717) is 29.6 Å². The summed E-state index contributed by atoms with van der Waals surface area (Å²) >= 11 is 0. The molecular weight excluding hydrogens is 252 g/mol. The fourth-order valence-corrected chi connectivity index (χ4v) is 2.11. The van der Waals surface area contributed by atoms with Gasteiger partial charge in [0, 0.05) is 5.56 Å². The van der Waals surface area contributed by atoms with Gasteiger partial charge in [0.25, 0.3) is 0 Å². The van der Waals surface area contributed by atoms with E-state index in [9.17, 15) is 4.79 Å². The minimum Gasteiger partial charge on any atom is -0.493 e. The number of rotatable bonds is 9. The molecule has 3 heteroatoms. The van der Waals surface area contributed by atoms with Crippen molar-refractivity contribution < 1.29 is 14.3 Å². The van der Waals surface area contributed by atoms with Crippen LogP contribution in [-0.2, 0) is 0 Å². The maximum Gasteiger partial charge on any atom is 0.161 e. The highest BCUT2D eigenvalue weighted by atomic mass is 16.5. The van der Waals surface area contributed by atoms with Crippen molar-refractivity contribution in [3.05, 3.63) is 23.8 Å². The lowest BCUT2D eigenvalue weighted by Gasteiger charge is -2.17. The van der Waals surface area contributed by atoms with Gasteiger partial charge in [-0.3, -0.25) is 4.79 Å². The molecule has 0 N–H and O–H groups in total. The molecule has 0 saturated carbocycles. The molecule has 0 aliphatic carbocycles. The Bertz CT molecular complexity index is 426. The highest BCUT2D eigenvalue weighted by Gasteiger charge is 2.11. The van der Waals surface area contributed by atoms with Crippen LogP contribution in [0.3, 0.4) is 0 Å². The van der Waals surface area contributed by atoms with E-state index >= 15 is 0 Å². The van der Waals surface area contributed by atoms with Crippen molar-refractivity contribution in [2.24, 2.45) is 5.92 Å². The zero-order valence-electron chi connectivity index (χ0n) is 13.1. The number of ether oxygens (including phenoxy) is 2. The van der Waals surface area contributed by atoms with E-state index in [-0.39, 0.29) is 5.78 Å². The Balaban J connectivity index is 2.69. The predicted octanol–water partition coefficient (Wildman–Crippen LogP) is 4.49. The Labute approximate surface area is 122 Å². The van der Waals surface area contributed by atoms with Crippen LogP contribution in [0.5, 0.6) is 11.5 Å². The number of benzene rings is 1. The minimum atomic E-state index is 0.0317. The summed E-state index contributed by atoms with van der Waals surface area (Å²) in [6.45, 7) is 6.65. The molecule has 0 aliphatic heterocycles. The smallest absolute Gasteiger partial charge is 0.161 e. The van der Waals surface area contributed by atoms with Gasteiger partial charge in [0.2, 0.25) is 0 Å². The molecule has 1 aromatic carbocycles. The van der Waals surface area contributed by atoms with Crippen LogP contribution in [0.1, 0.15) is 56.8 Å². The monoisotopic (exact) mass is 278 g/mol. The maximum atomic E-state index is 11.4. The van der Waals surface area contributed by atoms with E-state index in [1.807, 2.05) is 6.07 Å². The second-order valence-electron chi connectivity index (χ2n) is 5.15. The molecule has 1 rings (SSSR count). The van der Waals surface area contributed by atoms with Crippen molar-refractivity contribution in [2.45, 2.75) is 46.5 Å². The van der Waals surface area contributed by atoms with Crippen LogP contribution in [0.15, 0.2) is 18.2 Å². The molecule has 0 amide bonds. The third kappa shape index (κ3) is 4.87. The third-order valence-corrected chi connectivity index (χ3v) is 3.59. The zero-order valence-corrected chi connectivity index (χ0v) is 13.1. The van der Waals surface area contributed by atoms with Gasteiger partial charge in [-0.15, -0.1) is 0 Å². The van der Waals surface area contributed by atoms with Crippen LogP contribution < -0.4 is 9.47 Å². The molecule has 0 bridgehead atoms. The molecule has 0 heterocycles. The standard InChI is InChI=1S/C17H26O3/c1-5-7-8-14(6-2)12-20-16-10-9-15(13(3)18)11-17(16)19-4/h9-11,14H,5-8,12H2,1-4H3. The fourth-order valence-electron chi connectivity index (χ4n) is 2.11. The number of Topliss-reactive ketones (excluding diaryl/α,β-unsaturated/α-hetero) is 1. The van der Waals surface area contributed by atoms with Gasteiger partial charge in [-0.05, 0) is 37.5 Å². The van der Waals surface area contributed by atoms with Crippen LogP contribution in [0, 0.1) is 5.92 Å². The molecule has 0 aromatic heterocycles. The normalized spacial score (nSPS) is 12.0. The molecule has 0 radical (unpaired) electrons. The SMILES string of the molecule is CCCCC(CC)COc1ccc(C(C)=O)cc1OC. The Morgan fingerprint density at radius 1 is 1.25 bits per heavy atom. The predicted molar refractivity (Wildman–Crippen MR) is 81.8 cm³/mol. The molecule has 1 unspecified atom stereocenters. The lowest BCUT2D eigenvalue weighted by Crippen LogP contribution is -2.12. The maximum absolute atomic E-state index is 11.4. The van der Waals surface area contributed by atoms with Gasteiger partial charge in [0.05, 0.1) is 13.7 Å². The van der Waals surface area contributed by atoms with Crippen molar-refractivity contribution in [3.63, 3.8) is 0 Å². The minimum absolute atomic E-state index is 0.0317. The van der Waals surface area contributed by atoms with Crippen molar-refractivity contribution in [2.75, 3.05) is 13.7 Å². The number of unbranched alkanes of at least 4 members (excludes halogenated alkanes) is 1. The first-order chi connectivity index (χ1) is 9.62. The Hall–Kier alpha value is -1.51. The van der Waals surface area contributed by atoms with Crippen LogP contribution in [0.2, 0.25) is 0 Å². The molecular formula is C17H26O3. The van der Waals surface area contributed by atoms with E-state index in [0.717, 1.165) is 6.42 Å². The summed E-state index contributed by atoms with van der Waals surface area (Å²) in [5.74, 6) is 1.95. The molecule has 0 aliphatic rings. The van der Waals surface area contributed by atoms with Crippen molar-refractivity contribution in [1.82, 2.24) is 0 Å². The zero-order chi connectivity index (χ0) is 15.0. The van der Waals surface area contributed by atoms with Gasteiger partial charge < -0.3 is 9.47 Å². The highest BCUT2D eigenvalue weighted by Crippen LogP contribution is 2.29. The summed E-state index contributed by atoms with van der Waals surface area (Å²) in [5.41, 5.74) is 0.646. The number of hydrogen-bond acceptors (Lipinski definition) is 3. The lowest BCUT2D eigenvalue weighted by molar-refractivity contribution is 0.101. The molecule has 112 valence electrons. The van der Waals surface area contributed by atoms with Gasteiger partial charge in [0.15, 0.2) is 17.3 Å². The van der Waals surface area contributed by atoms with Gasteiger partial charge in [-0.25, -0.2) is 0 Å². The molecule has 1 atom stereocenters. The summed E-state index contributed by atoms with van der Waals surface area (Å²) in [6, 6.07) is 5.35. The van der Waals surface area contributed by atoms with E-state index < -0.39 is 0 Å². The molecule has 0 fully saturated rings. The number of carbonyl (C=O) groups is 1. The van der Waals surface area contributed by atoms with E-state index in [2.05, 4.69) is 13.8 Å². The second-order valence-corrected chi connectivity index (χ2v) is 5.15. The molecule has 3 nitrogen and oxygen atoms in total. The first kappa shape index (κ1) is 16.5. The number of methoxy groups -OCH3 is 1. The summed E-state index contributed by atoms with van der Waals surface area (Å²) in [4.78, 5) is 11.4. The fraction of sp³-hybridized carbons (Fsp3) is 0.588. The lowest BCUT2D eigenvalue weighted by atomic mass is 10.0. The second kappa shape index (κ2) is 8.62. The first-order valence-electron chi connectivity index (χ1n) is 7.44. The Morgan fingerprint density at radius 2 is 2.00 bits per heavy atom. The molecule has 1 aromatic rings. The van der Waals surface area contributed by atoms with Gasteiger partial charge >= 0.3 is 0 Å². The van der Waals surface area contributed by atoms with E-state index in [1.165, 1.54) is 19.3 Å². The summed E-state index contributed by atoms with van der Waals surface area (Å²) in [7, 11) is 1.60. The molecule has 20 heavy (non-hydrogen) atoms.